The minimum absolute atomic E-state index is 0.113. The molecular weight excluding hydrogens is 356 g/mol. The van der Waals surface area contributed by atoms with Crippen LogP contribution in [0.2, 0.25) is 0 Å². The number of amides is 2. The fourth-order valence-electron chi connectivity index (χ4n) is 3.50. The monoisotopic (exact) mass is 378 g/mol. The maximum absolute atomic E-state index is 12.9. The van der Waals surface area contributed by atoms with Crippen molar-refractivity contribution >= 4 is 22.8 Å². The van der Waals surface area contributed by atoms with E-state index in [1.807, 2.05) is 35.0 Å². The number of carbonyl (C=O) groups excluding carboxylic acids is 2. The van der Waals surface area contributed by atoms with Crippen molar-refractivity contribution in [3.8, 4) is 0 Å². The quantitative estimate of drug-likeness (QED) is 0.710. The van der Waals surface area contributed by atoms with Gasteiger partial charge in [0.25, 0.3) is 5.91 Å². The van der Waals surface area contributed by atoms with Gasteiger partial charge in [0.15, 0.2) is 0 Å². The van der Waals surface area contributed by atoms with Gasteiger partial charge in [-0.3, -0.25) is 14.6 Å². The third-order valence-corrected chi connectivity index (χ3v) is 5.03. The van der Waals surface area contributed by atoms with Gasteiger partial charge >= 0.3 is 0 Å². The van der Waals surface area contributed by atoms with Gasteiger partial charge in [-0.25, -0.2) is 0 Å². The van der Waals surface area contributed by atoms with Crippen molar-refractivity contribution < 1.29 is 14.3 Å². The summed E-state index contributed by atoms with van der Waals surface area (Å²) in [7, 11) is 0. The summed E-state index contributed by atoms with van der Waals surface area (Å²) in [5.41, 5.74) is 8.91. The van der Waals surface area contributed by atoms with Crippen LogP contribution in [0.15, 0.2) is 48.8 Å². The first kappa shape index (κ1) is 18.2. The number of hydrogen-bond acceptors (Lipinski definition) is 4. The second-order valence-corrected chi connectivity index (χ2v) is 6.96. The average molecular weight is 378 g/mol. The molecule has 1 aliphatic heterocycles. The number of nitrogens with zero attached hydrogens (tertiary/aromatic N) is 2. The van der Waals surface area contributed by atoms with Crippen LogP contribution >= 0.6 is 0 Å². The average Bonchev–Trinajstić information content (AvgIpc) is 3.08. The van der Waals surface area contributed by atoms with Crippen LogP contribution in [-0.4, -0.2) is 40.6 Å². The predicted molar refractivity (Wildman–Crippen MR) is 105 cm³/mol. The van der Waals surface area contributed by atoms with E-state index in [4.69, 9.17) is 10.5 Å². The Kier molecular flexibility index (Phi) is 5.08. The molecule has 3 N–H and O–H groups in total. The van der Waals surface area contributed by atoms with Gasteiger partial charge in [0.2, 0.25) is 5.91 Å². The van der Waals surface area contributed by atoms with Crippen molar-refractivity contribution in [3.63, 3.8) is 0 Å². The van der Waals surface area contributed by atoms with Crippen LogP contribution in [0.25, 0.3) is 11.0 Å². The summed E-state index contributed by atoms with van der Waals surface area (Å²) < 4.78 is 7.35. The van der Waals surface area contributed by atoms with Crippen LogP contribution in [0.5, 0.6) is 0 Å². The SMILES string of the molecule is NC(=O)c1ccc(Cn2cc(C(=O)NC3CCOCC3)c3ncccc32)cc1. The maximum Gasteiger partial charge on any atom is 0.255 e. The summed E-state index contributed by atoms with van der Waals surface area (Å²) in [5, 5.41) is 3.10. The molecule has 3 aromatic rings. The molecule has 1 aliphatic rings. The molecule has 2 amide bonds. The molecule has 0 radical (unpaired) electrons. The Labute approximate surface area is 162 Å². The molecule has 0 saturated carbocycles. The molecule has 0 bridgehead atoms. The number of rotatable bonds is 5. The summed E-state index contributed by atoms with van der Waals surface area (Å²) in [6, 6.07) is 11.1. The lowest BCUT2D eigenvalue weighted by atomic mass is 10.1. The molecule has 2 aromatic heterocycles. The minimum atomic E-state index is -0.450. The van der Waals surface area contributed by atoms with E-state index in [9.17, 15) is 9.59 Å². The van der Waals surface area contributed by atoms with E-state index in [0.29, 0.717) is 36.4 Å². The van der Waals surface area contributed by atoms with Gasteiger partial charge in [0.1, 0.15) is 5.52 Å². The molecule has 0 unspecified atom stereocenters. The maximum atomic E-state index is 12.9. The topological polar surface area (TPSA) is 99.2 Å². The lowest BCUT2D eigenvalue weighted by Crippen LogP contribution is -2.38. The third kappa shape index (κ3) is 3.75. The molecule has 1 fully saturated rings. The van der Waals surface area contributed by atoms with Crippen LogP contribution in [0.1, 0.15) is 39.1 Å². The molecule has 0 spiro atoms. The lowest BCUT2D eigenvalue weighted by molar-refractivity contribution is 0.0697. The van der Waals surface area contributed by atoms with Crippen molar-refractivity contribution in [2.45, 2.75) is 25.4 Å². The Bertz CT molecular complexity index is 1000. The largest absolute Gasteiger partial charge is 0.381 e. The van der Waals surface area contributed by atoms with Gasteiger partial charge in [-0.2, -0.15) is 0 Å². The van der Waals surface area contributed by atoms with Crippen LogP contribution in [0.3, 0.4) is 0 Å². The van der Waals surface area contributed by atoms with Gasteiger partial charge in [-0.15, -0.1) is 0 Å². The molecule has 4 rings (SSSR count). The number of hydrogen-bond donors (Lipinski definition) is 2. The number of benzene rings is 1. The molecule has 3 heterocycles. The highest BCUT2D eigenvalue weighted by Gasteiger charge is 2.21. The van der Waals surface area contributed by atoms with E-state index in [1.165, 1.54) is 0 Å². The highest BCUT2D eigenvalue weighted by molar-refractivity contribution is 6.05. The summed E-state index contributed by atoms with van der Waals surface area (Å²) >= 11 is 0. The van der Waals surface area contributed by atoms with Gasteiger partial charge in [0.05, 0.1) is 11.1 Å². The first-order chi connectivity index (χ1) is 13.6. The second-order valence-electron chi connectivity index (χ2n) is 6.96. The zero-order valence-electron chi connectivity index (χ0n) is 15.4. The van der Waals surface area contributed by atoms with Crippen molar-refractivity contribution in [2.24, 2.45) is 5.73 Å². The number of fused-ring (bicyclic) bond motifs is 1. The van der Waals surface area contributed by atoms with E-state index < -0.39 is 5.91 Å². The van der Waals surface area contributed by atoms with Crippen molar-refractivity contribution in [3.05, 3.63) is 65.5 Å². The van der Waals surface area contributed by atoms with Crippen molar-refractivity contribution in [2.75, 3.05) is 13.2 Å². The summed E-state index contributed by atoms with van der Waals surface area (Å²) in [6.45, 7) is 1.91. The van der Waals surface area contributed by atoms with E-state index in [-0.39, 0.29) is 11.9 Å². The van der Waals surface area contributed by atoms with Crippen LogP contribution in [-0.2, 0) is 11.3 Å². The molecule has 1 saturated heterocycles. The number of nitrogens with one attached hydrogen (secondary N) is 1. The van der Waals surface area contributed by atoms with Crippen LogP contribution in [0, 0.1) is 0 Å². The number of aromatic nitrogens is 2. The van der Waals surface area contributed by atoms with E-state index >= 15 is 0 Å². The van der Waals surface area contributed by atoms with E-state index in [2.05, 4.69) is 10.3 Å². The fraction of sp³-hybridized carbons (Fsp3) is 0.286. The van der Waals surface area contributed by atoms with E-state index in [0.717, 1.165) is 23.9 Å². The summed E-state index contributed by atoms with van der Waals surface area (Å²) in [5.74, 6) is -0.562. The predicted octanol–water partition coefficient (Wildman–Crippen LogP) is 2.09. The lowest BCUT2D eigenvalue weighted by Gasteiger charge is -2.22. The Balaban J connectivity index is 1.60. The number of nitrogens with two attached hydrogens (primary N) is 1. The molecule has 1 aromatic carbocycles. The summed E-state index contributed by atoms with van der Waals surface area (Å²) in [4.78, 5) is 28.5. The third-order valence-electron chi connectivity index (χ3n) is 5.03. The highest BCUT2D eigenvalue weighted by Crippen LogP contribution is 2.21. The molecule has 7 heteroatoms. The standard InChI is InChI=1S/C21H22N4O3/c22-20(26)15-5-3-14(4-6-15)12-25-13-17(19-18(25)2-1-9-23-19)21(27)24-16-7-10-28-11-8-16/h1-6,9,13,16H,7-8,10-12H2,(H2,22,26)(H,24,27). The van der Waals surface area contributed by atoms with Crippen LogP contribution < -0.4 is 11.1 Å². The first-order valence-corrected chi connectivity index (χ1v) is 9.33. The van der Waals surface area contributed by atoms with Gasteiger partial charge in [-0.1, -0.05) is 12.1 Å². The normalized spacial score (nSPS) is 14.9. The first-order valence-electron chi connectivity index (χ1n) is 9.33. The number of carbonyl (C=O) groups is 2. The second kappa shape index (κ2) is 7.82. The smallest absolute Gasteiger partial charge is 0.255 e. The fourth-order valence-corrected chi connectivity index (χ4v) is 3.50. The molecule has 0 atom stereocenters. The summed E-state index contributed by atoms with van der Waals surface area (Å²) in [6.07, 6.45) is 5.18. The number of ether oxygens (including phenoxy) is 1. The molecular formula is C21H22N4O3. The molecule has 28 heavy (non-hydrogen) atoms. The Morgan fingerprint density at radius 3 is 2.64 bits per heavy atom. The number of primary amides is 1. The zero-order valence-corrected chi connectivity index (χ0v) is 15.4. The van der Waals surface area contributed by atoms with Crippen molar-refractivity contribution in [1.29, 1.82) is 0 Å². The van der Waals surface area contributed by atoms with Gasteiger partial charge in [-0.05, 0) is 42.7 Å². The number of pyridine rings is 1. The molecule has 0 aliphatic carbocycles. The van der Waals surface area contributed by atoms with Gasteiger partial charge < -0.3 is 20.4 Å². The Hall–Kier alpha value is -3.19. The Morgan fingerprint density at radius 1 is 1.18 bits per heavy atom. The zero-order chi connectivity index (χ0) is 19.5. The van der Waals surface area contributed by atoms with Crippen LogP contribution in [0.4, 0.5) is 0 Å². The molecule has 144 valence electrons. The Morgan fingerprint density at radius 2 is 1.93 bits per heavy atom. The highest BCUT2D eigenvalue weighted by atomic mass is 16.5. The molecule has 7 nitrogen and oxygen atoms in total. The van der Waals surface area contributed by atoms with E-state index in [1.54, 1.807) is 18.3 Å². The van der Waals surface area contributed by atoms with Crippen molar-refractivity contribution in [1.82, 2.24) is 14.9 Å². The minimum Gasteiger partial charge on any atom is -0.381 e. The van der Waals surface area contributed by atoms with Gasteiger partial charge in [0, 0.05) is 43.8 Å².